The van der Waals surface area contributed by atoms with E-state index in [9.17, 15) is 0 Å². The van der Waals surface area contributed by atoms with Crippen LogP contribution in [0.5, 0.6) is 0 Å². The highest BCUT2D eigenvalue weighted by molar-refractivity contribution is 5.71. The number of anilines is 1. The van der Waals surface area contributed by atoms with Crippen molar-refractivity contribution in [1.29, 1.82) is 0 Å². The monoisotopic (exact) mass is 420 g/mol. The van der Waals surface area contributed by atoms with Crippen molar-refractivity contribution in [2.24, 2.45) is 0 Å². The standard InChI is InChI=1S/C30H32N2/c1-19-15-21(3)28(22(4)16-19)30(27-12-11-25-9-7-8-10-26(25)27)31-13-14-32(30)29-23(5)17-20(2)18-24(29)6/h7-18,27,31H,1-6H3. The van der Waals surface area contributed by atoms with Gasteiger partial charge in [-0.25, -0.2) is 0 Å². The minimum absolute atomic E-state index is 0.175. The molecule has 1 aliphatic heterocycles. The van der Waals surface area contributed by atoms with Gasteiger partial charge in [-0.3, -0.25) is 0 Å². The summed E-state index contributed by atoms with van der Waals surface area (Å²) in [5.41, 5.74) is 12.8. The predicted molar refractivity (Wildman–Crippen MR) is 136 cm³/mol. The summed E-state index contributed by atoms with van der Waals surface area (Å²) >= 11 is 0. The molecule has 0 aromatic heterocycles. The van der Waals surface area contributed by atoms with Crippen molar-refractivity contribution in [2.45, 2.75) is 53.1 Å². The SMILES string of the molecule is Cc1cc(C)c(N2C=CNC2(c2c(C)cc(C)cc2C)C2C=Cc3ccccc32)c(C)c1. The first-order valence-electron chi connectivity index (χ1n) is 11.5. The van der Waals surface area contributed by atoms with Crippen LogP contribution in [0.1, 0.15) is 56.0 Å². The van der Waals surface area contributed by atoms with E-state index < -0.39 is 5.66 Å². The molecule has 1 heterocycles. The second-order valence-electron chi connectivity index (χ2n) is 9.58. The first-order chi connectivity index (χ1) is 15.3. The molecule has 5 rings (SSSR count). The smallest absolute Gasteiger partial charge is 0.151 e. The predicted octanol–water partition coefficient (Wildman–Crippen LogP) is 7.08. The quantitative estimate of drug-likeness (QED) is 0.487. The zero-order valence-corrected chi connectivity index (χ0v) is 20.0. The normalized spacial score (nSPS) is 21.2. The summed E-state index contributed by atoms with van der Waals surface area (Å²) in [4.78, 5) is 2.50. The average molecular weight is 421 g/mol. The van der Waals surface area contributed by atoms with Gasteiger partial charge in [0.2, 0.25) is 0 Å². The number of benzene rings is 3. The largest absolute Gasteiger partial charge is 0.363 e. The molecule has 1 aliphatic carbocycles. The number of aryl methyl sites for hydroxylation is 6. The van der Waals surface area contributed by atoms with Crippen molar-refractivity contribution >= 4 is 11.8 Å². The Morgan fingerprint density at radius 2 is 1.38 bits per heavy atom. The van der Waals surface area contributed by atoms with E-state index in [2.05, 4.69) is 125 Å². The Labute approximate surface area is 192 Å². The number of fused-ring (bicyclic) bond motifs is 1. The van der Waals surface area contributed by atoms with Crippen LogP contribution in [0.2, 0.25) is 0 Å². The lowest BCUT2D eigenvalue weighted by Gasteiger charge is -2.47. The second kappa shape index (κ2) is 7.41. The Morgan fingerprint density at radius 3 is 2.03 bits per heavy atom. The summed E-state index contributed by atoms with van der Waals surface area (Å²) < 4.78 is 0. The van der Waals surface area contributed by atoms with Crippen molar-refractivity contribution in [1.82, 2.24) is 5.32 Å². The van der Waals surface area contributed by atoms with Crippen LogP contribution in [0, 0.1) is 41.5 Å². The highest BCUT2D eigenvalue weighted by Gasteiger charge is 2.50. The van der Waals surface area contributed by atoms with Crippen LogP contribution >= 0.6 is 0 Å². The highest BCUT2D eigenvalue weighted by Crippen LogP contribution is 2.51. The lowest BCUT2D eigenvalue weighted by atomic mass is 9.77. The molecule has 2 aliphatic rings. The van der Waals surface area contributed by atoms with Gasteiger partial charge in [0.1, 0.15) is 0 Å². The van der Waals surface area contributed by atoms with Gasteiger partial charge in [0.05, 0.1) is 0 Å². The second-order valence-corrected chi connectivity index (χ2v) is 9.58. The zero-order valence-electron chi connectivity index (χ0n) is 20.0. The molecule has 3 aromatic carbocycles. The van der Waals surface area contributed by atoms with Crippen LogP contribution in [0.3, 0.4) is 0 Å². The van der Waals surface area contributed by atoms with Gasteiger partial charge in [-0.2, -0.15) is 0 Å². The van der Waals surface area contributed by atoms with Crippen LogP contribution in [0.4, 0.5) is 5.69 Å². The first kappa shape index (κ1) is 20.6. The number of rotatable bonds is 3. The zero-order chi connectivity index (χ0) is 22.6. The Bertz CT molecular complexity index is 1230. The molecule has 1 N–H and O–H groups in total. The van der Waals surface area contributed by atoms with E-state index in [0.29, 0.717) is 0 Å². The van der Waals surface area contributed by atoms with Crippen LogP contribution in [0.25, 0.3) is 6.08 Å². The van der Waals surface area contributed by atoms with E-state index >= 15 is 0 Å². The van der Waals surface area contributed by atoms with Gasteiger partial charge in [0.15, 0.2) is 5.66 Å². The number of hydrogen-bond acceptors (Lipinski definition) is 2. The molecule has 0 spiro atoms. The summed E-state index contributed by atoms with van der Waals surface area (Å²) in [6.07, 6.45) is 9.04. The van der Waals surface area contributed by atoms with Gasteiger partial charge < -0.3 is 10.2 Å². The lowest BCUT2D eigenvalue weighted by Crippen LogP contribution is -2.53. The van der Waals surface area contributed by atoms with Gasteiger partial charge in [-0.1, -0.05) is 71.8 Å². The number of nitrogens with one attached hydrogen (secondary N) is 1. The van der Waals surface area contributed by atoms with Crippen LogP contribution < -0.4 is 10.2 Å². The molecule has 0 fully saturated rings. The maximum Gasteiger partial charge on any atom is 0.151 e. The summed E-state index contributed by atoms with van der Waals surface area (Å²) in [6, 6.07) is 18.0. The number of nitrogens with zero attached hydrogens (tertiary/aromatic N) is 1. The fourth-order valence-electron chi connectivity index (χ4n) is 6.21. The van der Waals surface area contributed by atoms with Gasteiger partial charge in [0, 0.05) is 29.6 Å². The fourth-order valence-corrected chi connectivity index (χ4v) is 6.21. The highest BCUT2D eigenvalue weighted by atomic mass is 15.4. The molecule has 2 unspecified atom stereocenters. The maximum atomic E-state index is 3.88. The summed E-state index contributed by atoms with van der Waals surface area (Å²) in [6.45, 7) is 13.4. The van der Waals surface area contributed by atoms with E-state index in [-0.39, 0.29) is 5.92 Å². The molecular weight excluding hydrogens is 388 g/mol. The van der Waals surface area contributed by atoms with Crippen molar-refractivity contribution in [3.05, 3.63) is 117 Å². The van der Waals surface area contributed by atoms with Gasteiger partial charge in [-0.15, -0.1) is 0 Å². The average Bonchev–Trinajstić information content (AvgIpc) is 3.32. The Kier molecular flexibility index (Phi) is 4.78. The molecular formula is C30H32N2. The molecule has 0 bridgehead atoms. The van der Waals surface area contributed by atoms with Crippen LogP contribution in [-0.4, -0.2) is 0 Å². The lowest BCUT2D eigenvalue weighted by molar-refractivity contribution is 0.361. The Morgan fingerprint density at radius 1 is 0.781 bits per heavy atom. The van der Waals surface area contributed by atoms with Gasteiger partial charge >= 0.3 is 0 Å². The molecule has 2 atom stereocenters. The molecule has 2 heteroatoms. The Hall–Kier alpha value is -3.26. The number of hydrogen-bond donors (Lipinski definition) is 1. The van der Waals surface area contributed by atoms with E-state index in [1.54, 1.807) is 0 Å². The van der Waals surface area contributed by atoms with Gasteiger partial charge in [-0.05, 0) is 74.9 Å². The van der Waals surface area contributed by atoms with E-state index in [1.165, 1.54) is 55.8 Å². The molecule has 0 amide bonds. The van der Waals surface area contributed by atoms with Crippen LogP contribution in [0.15, 0.2) is 67.0 Å². The maximum absolute atomic E-state index is 3.88. The van der Waals surface area contributed by atoms with Crippen molar-refractivity contribution in [3.8, 4) is 0 Å². The topological polar surface area (TPSA) is 15.3 Å². The molecule has 32 heavy (non-hydrogen) atoms. The molecule has 0 saturated carbocycles. The van der Waals surface area contributed by atoms with E-state index in [0.717, 1.165) is 0 Å². The third-order valence-corrected chi connectivity index (χ3v) is 7.09. The minimum atomic E-state index is -0.435. The minimum Gasteiger partial charge on any atom is -0.363 e. The van der Waals surface area contributed by atoms with E-state index in [4.69, 9.17) is 0 Å². The van der Waals surface area contributed by atoms with Gasteiger partial charge in [0.25, 0.3) is 0 Å². The van der Waals surface area contributed by atoms with E-state index in [1.807, 2.05) is 0 Å². The molecule has 2 nitrogen and oxygen atoms in total. The third kappa shape index (κ3) is 2.93. The summed E-state index contributed by atoms with van der Waals surface area (Å²) in [7, 11) is 0. The Balaban J connectivity index is 1.83. The molecule has 3 aromatic rings. The van der Waals surface area contributed by atoms with Crippen LogP contribution in [-0.2, 0) is 5.66 Å². The van der Waals surface area contributed by atoms with Crippen molar-refractivity contribution in [2.75, 3.05) is 4.90 Å². The van der Waals surface area contributed by atoms with Crippen molar-refractivity contribution < 1.29 is 0 Å². The first-order valence-corrected chi connectivity index (χ1v) is 11.5. The molecule has 0 radical (unpaired) electrons. The third-order valence-electron chi connectivity index (χ3n) is 7.09. The van der Waals surface area contributed by atoms with Crippen molar-refractivity contribution in [3.63, 3.8) is 0 Å². The molecule has 162 valence electrons. The fraction of sp³-hybridized carbons (Fsp3) is 0.267. The molecule has 0 saturated heterocycles. The summed E-state index contributed by atoms with van der Waals surface area (Å²) in [5, 5.41) is 3.88. The summed E-state index contributed by atoms with van der Waals surface area (Å²) in [5.74, 6) is 0.175.